The molecule has 0 bridgehead atoms. The van der Waals surface area contributed by atoms with E-state index < -0.39 is 0 Å². The van der Waals surface area contributed by atoms with E-state index in [4.69, 9.17) is 11.6 Å². The van der Waals surface area contributed by atoms with Gasteiger partial charge < -0.3 is 0 Å². The summed E-state index contributed by atoms with van der Waals surface area (Å²) in [5.41, 5.74) is 1.98. The highest BCUT2D eigenvalue weighted by molar-refractivity contribution is 6.30. The quantitative estimate of drug-likeness (QED) is 0.643. The van der Waals surface area contributed by atoms with Crippen molar-refractivity contribution in [3.63, 3.8) is 0 Å². The van der Waals surface area contributed by atoms with Gasteiger partial charge in [0.2, 0.25) is 0 Å². The van der Waals surface area contributed by atoms with E-state index in [9.17, 15) is 4.39 Å². The molecule has 1 aromatic carbocycles. The third kappa shape index (κ3) is 3.14. The second-order valence-corrected chi connectivity index (χ2v) is 5.93. The Balaban J connectivity index is 2.09. The van der Waals surface area contributed by atoms with E-state index in [0.29, 0.717) is 5.56 Å². The molecule has 0 atom stereocenters. The topological polar surface area (TPSA) is 0 Å². The Labute approximate surface area is 114 Å². The molecule has 0 aromatic heterocycles. The van der Waals surface area contributed by atoms with E-state index in [1.165, 1.54) is 18.4 Å². The molecule has 1 aliphatic carbocycles. The molecular formula is C16H20ClF. The predicted octanol–water partition coefficient (Wildman–Crippen LogP) is 5.71. The normalized spacial score (nSPS) is 20.3. The van der Waals surface area contributed by atoms with Gasteiger partial charge in [0.1, 0.15) is 5.82 Å². The smallest absolute Gasteiger partial charge is 0.148 e. The zero-order chi connectivity index (χ0) is 13.1. The van der Waals surface area contributed by atoms with E-state index in [1.807, 2.05) is 6.08 Å². The summed E-state index contributed by atoms with van der Waals surface area (Å²) in [6.07, 6.45) is 6.62. The fourth-order valence-electron chi connectivity index (χ4n) is 2.67. The maximum absolute atomic E-state index is 13.8. The first-order valence-electron chi connectivity index (χ1n) is 6.71. The molecule has 18 heavy (non-hydrogen) atoms. The molecule has 1 fully saturated rings. The third-order valence-corrected chi connectivity index (χ3v) is 4.25. The molecule has 0 radical (unpaired) electrons. The summed E-state index contributed by atoms with van der Waals surface area (Å²) in [4.78, 5) is 0. The van der Waals surface area contributed by atoms with Crippen LogP contribution in [0.25, 0.3) is 6.08 Å². The molecule has 0 heterocycles. The predicted molar refractivity (Wildman–Crippen MR) is 76.2 cm³/mol. The molecule has 2 heteroatoms. The molecule has 0 aliphatic heterocycles. The van der Waals surface area contributed by atoms with Crippen molar-refractivity contribution in [3.8, 4) is 0 Å². The van der Waals surface area contributed by atoms with E-state index in [-0.39, 0.29) is 10.8 Å². The molecule has 1 saturated carbocycles. The lowest BCUT2D eigenvalue weighted by atomic mass is 9.79. The van der Waals surface area contributed by atoms with Crippen LogP contribution in [0.15, 0.2) is 23.8 Å². The lowest BCUT2D eigenvalue weighted by molar-refractivity contribution is 0.312. The van der Waals surface area contributed by atoms with E-state index in [2.05, 4.69) is 13.8 Å². The number of allylic oxidation sites excluding steroid dienone is 1. The second kappa shape index (κ2) is 5.88. The van der Waals surface area contributed by atoms with Crippen molar-refractivity contribution in [2.75, 3.05) is 0 Å². The SMILES string of the molecule is CC(C)C1CCC(=Cc2cccc(Cl)c2F)CC1. The van der Waals surface area contributed by atoms with Crippen molar-refractivity contribution < 1.29 is 4.39 Å². The van der Waals surface area contributed by atoms with Crippen molar-refractivity contribution in [2.45, 2.75) is 39.5 Å². The van der Waals surface area contributed by atoms with Crippen LogP contribution in [-0.2, 0) is 0 Å². The minimum atomic E-state index is -0.294. The molecule has 98 valence electrons. The minimum Gasteiger partial charge on any atom is -0.205 e. The Bertz CT molecular complexity index is 438. The molecule has 1 aliphatic rings. The lowest BCUT2D eigenvalue weighted by Crippen LogP contribution is -2.13. The number of hydrogen-bond donors (Lipinski definition) is 0. The standard InChI is InChI=1S/C16H20ClF/c1-11(2)13-8-6-12(7-9-13)10-14-4-3-5-15(17)16(14)18/h3-5,10-11,13H,6-9H2,1-2H3. The average Bonchev–Trinajstić information content (AvgIpc) is 2.36. The maximum Gasteiger partial charge on any atom is 0.148 e. The molecule has 2 rings (SSSR count). The van der Waals surface area contributed by atoms with Crippen LogP contribution in [0, 0.1) is 17.7 Å². The largest absolute Gasteiger partial charge is 0.205 e. The van der Waals surface area contributed by atoms with Crippen molar-refractivity contribution in [1.29, 1.82) is 0 Å². The van der Waals surface area contributed by atoms with Crippen LogP contribution in [0.3, 0.4) is 0 Å². The summed E-state index contributed by atoms with van der Waals surface area (Å²) in [7, 11) is 0. The first-order valence-corrected chi connectivity index (χ1v) is 7.09. The van der Waals surface area contributed by atoms with Gasteiger partial charge in [0.25, 0.3) is 0 Å². The zero-order valence-corrected chi connectivity index (χ0v) is 11.8. The Morgan fingerprint density at radius 3 is 2.56 bits per heavy atom. The molecule has 0 amide bonds. The summed E-state index contributed by atoms with van der Waals surface area (Å²) in [6, 6.07) is 5.19. The Morgan fingerprint density at radius 1 is 1.28 bits per heavy atom. The monoisotopic (exact) mass is 266 g/mol. The number of benzene rings is 1. The van der Waals surface area contributed by atoms with Crippen LogP contribution in [0.1, 0.15) is 45.1 Å². The van der Waals surface area contributed by atoms with Crippen molar-refractivity contribution in [2.24, 2.45) is 11.8 Å². The van der Waals surface area contributed by atoms with Crippen LogP contribution in [0.2, 0.25) is 5.02 Å². The fraction of sp³-hybridized carbons (Fsp3) is 0.500. The highest BCUT2D eigenvalue weighted by Gasteiger charge is 2.19. The molecule has 0 N–H and O–H groups in total. The fourth-order valence-corrected chi connectivity index (χ4v) is 2.86. The van der Waals surface area contributed by atoms with Gasteiger partial charge in [0.05, 0.1) is 5.02 Å². The number of hydrogen-bond acceptors (Lipinski definition) is 0. The minimum absolute atomic E-state index is 0.209. The number of halogens is 2. The van der Waals surface area contributed by atoms with Gasteiger partial charge in [0, 0.05) is 5.56 Å². The average molecular weight is 267 g/mol. The first-order chi connectivity index (χ1) is 8.58. The lowest BCUT2D eigenvalue weighted by Gasteiger charge is -2.27. The van der Waals surface area contributed by atoms with Crippen LogP contribution in [0.5, 0.6) is 0 Å². The molecule has 0 spiro atoms. The summed E-state index contributed by atoms with van der Waals surface area (Å²) >= 11 is 5.79. The molecule has 1 aromatic rings. The van der Waals surface area contributed by atoms with E-state index in [0.717, 1.165) is 24.7 Å². The third-order valence-electron chi connectivity index (χ3n) is 3.96. The Hall–Kier alpha value is -0.820. The van der Waals surface area contributed by atoms with Crippen LogP contribution in [0.4, 0.5) is 4.39 Å². The zero-order valence-electron chi connectivity index (χ0n) is 11.0. The van der Waals surface area contributed by atoms with Crippen molar-refractivity contribution in [3.05, 3.63) is 40.2 Å². The Kier molecular flexibility index (Phi) is 4.45. The number of rotatable bonds is 2. The Morgan fingerprint density at radius 2 is 1.94 bits per heavy atom. The van der Waals surface area contributed by atoms with E-state index >= 15 is 0 Å². The van der Waals surface area contributed by atoms with Gasteiger partial charge >= 0.3 is 0 Å². The van der Waals surface area contributed by atoms with Gasteiger partial charge in [-0.3, -0.25) is 0 Å². The van der Waals surface area contributed by atoms with Gasteiger partial charge in [-0.25, -0.2) is 4.39 Å². The maximum atomic E-state index is 13.8. The molecular weight excluding hydrogens is 247 g/mol. The van der Waals surface area contributed by atoms with Gasteiger partial charge in [0.15, 0.2) is 0 Å². The van der Waals surface area contributed by atoms with Crippen molar-refractivity contribution >= 4 is 17.7 Å². The summed E-state index contributed by atoms with van der Waals surface area (Å²) in [5, 5.41) is 0.209. The second-order valence-electron chi connectivity index (χ2n) is 5.53. The highest BCUT2D eigenvalue weighted by Crippen LogP contribution is 2.34. The highest BCUT2D eigenvalue weighted by atomic mass is 35.5. The summed E-state index contributed by atoms with van der Waals surface area (Å²) in [6.45, 7) is 4.58. The molecule has 0 unspecified atom stereocenters. The van der Waals surface area contributed by atoms with E-state index in [1.54, 1.807) is 18.2 Å². The van der Waals surface area contributed by atoms with Crippen molar-refractivity contribution in [1.82, 2.24) is 0 Å². The van der Waals surface area contributed by atoms with Crippen LogP contribution >= 0.6 is 11.6 Å². The van der Waals surface area contributed by atoms with Gasteiger partial charge in [-0.15, -0.1) is 0 Å². The van der Waals surface area contributed by atoms with Gasteiger partial charge in [-0.1, -0.05) is 49.2 Å². The first kappa shape index (κ1) is 13.6. The molecule has 0 saturated heterocycles. The van der Waals surface area contributed by atoms with Crippen LogP contribution in [-0.4, -0.2) is 0 Å². The summed E-state index contributed by atoms with van der Waals surface area (Å²) < 4.78 is 13.8. The van der Waals surface area contributed by atoms with Gasteiger partial charge in [-0.05, 0) is 43.6 Å². The summed E-state index contributed by atoms with van der Waals surface area (Å²) in [5.74, 6) is 1.29. The molecule has 0 nitrogen and oxygen atoms in total. The van der Waals surface area contributed by atoms with Gasteiger partial charge in [-0.2, -0.15) is 0 Å². The van der Waals surface area contributed by atoms with Crippen LogP contribution < -0.4 is 0 Å².